The number of nitrogens with one attached hydrogen (secondary N) is 2. The van der Waals surface area contributed by atoms with Crippen molar-refractivity contribution in [1.29, 1.82) is 0 Å². The van der Waals surface area contributed by atoms with Crippen LogP contribution in [0.3, 0.4) is 0 Å². The number of fused-ring (bicyclic) bond motifs is 1. The summed E-state index contributed by atoms with van der Waals surface area (Å²) in [6.45, 7) is -0.121. The molecule has 1 aromatic heterocycles. The molecule has 2 amide bonds. The van der Waals surface area contributed by atoms with Gasteiger partial charge in [0.25, 0.3) is 11.8 Å². The number of aliphatic hydroxyl groups excluding tert-OH is 1. The molecule has 150 valence electrons. The number of para-hydroxylation sites is 2. The highest BCUT2D eigenvalue weighted by Gasteiger charge is 2.18. The zero-order chi connectivity index (χ0) is 20.8. The van der Waals surface area contributed by atoms with Crippen LogP contribution in [0, 0.1) is 0 Å². The topological polar surface area (TPSA) is 92.6 Å². The van der Waals surface area contributed by atoms with Crippen molar-refractivity contribution in [2.75, 3.05) is 20.3 Å². The predicted octanol–water partition coefficient (Wildman–Crippen LogP) is 2.07. The first kappa shape index (κ1) is 20.2. The predicted molar refractivity (Wildman–Crippen MR) is 111 cm³/mol. The highest BCUT2D eigenvalue weighted by Crippen LogP contribution is 2.23. The van der Waals surface area contributed by atoms with E-state index in [-0.39, 0.29) is 18.8 Å². The fraction of sp³-hybridized carbons (Fsp3) is 0.182. The summed E-state index contributed by atoms with van der Waals surface area (Å²) < 4.78 is 7.19. The Labute approximate surface area is 168 Å². The van der Waals surface area contributed by atoms with Gasteiger partial charge in [-0.1, -0.05) is 30.3 Å². The summed E-state index contributed by atoms with van der Waals surface area (Å²) in [4.78, 5) is 25.4. The molecule has 2 aromatic carbocycles. The molecule has 0 radical (unpaired) electrons. The van der Waals surface area contributed by atoms with Crippen molar-refractivity contribution in [2.45, 2.75) is 0 Å². The van der Waals surface area contributed by atoms with Gasteiger partial charge in [0.15, 0.2) is 0 Å². The Morgan fingerprint density at radius 2 is 1.86 bits per heavy atom. The maximum absolute atomic E-state index is 12.8. The summed E-state index contributed by atoms with van der Waals surface area (Å²) in [5.74, 6) is -0.548. The van der Waals surface area contributed by atoms with E-state index in [0.717, 1.165) is 16.5 Å². The standard InChI is InChI=1S/C22H23N3O4/c1-25-14-15(16-7-3-5-9-19(16)25)13-18(22(28)23-11-12-26)24-21(27)17-8-4-6-10-20(17)29-2/h3-10,13-14,26H,11-12H2,1-2H3,(H,23,28)(H,24,27)/b18-13-. The summed E-state index contributed by atoms with van der Waals surface area (Å²) in [5, 5.41) is 15.2. The largest absolute Gasteiger partial charge is 0.496 e. The van der Waals surface area contributed by atoms with Gasteiger partial charge in [0, 0.05) is 36.3 Å². The summed E-state index contributed by atoms with van der Waals surface area (Å²) in [7, 11) is 3.39. The Kier molecular flexibility index (Phi) is 6.31. The molecule has 0 saturated carbocycles. The second-order valence-corrected chi connectivity index (χ2v) is 6.40. The van der Waals surface area contributed by atoms with Gasteiger partial charge in [-0.05, 0) is 24.3 Å². The molecule has 0 aliphatic carbocycles. The SMILES string of the molecule is COc1ccccc1C(=O)N/C(=C\c1cn(C)c2ccccc12)C(=O)NCCO. The molecular weight excluding hydrogens is 370 g/mol. The van der Waals surface area contributed by atoms with Gasteiger partial charge in [0.2, 0.25) is 0 Å². The molecule has 0 saturated heterocycles. The fourth-order valence-corrected chi connectivity index (χ4v) is 3.09. The lowest BCUT2D eigenvalue weighted by atomic mass is 10.1. The van der Waals surface area contributed by atoms with E-state index in [1.165, 1.54) is 7.11 Å². The molecule has 7 heteroatoms. The highest BCUT2D eigenvalue weighted by molar-refractivity contribution is 6.07. The van der Waals surface area contributed by atoms with Gasteiger partial charge in [-0.3, -0.25) is 9.59 Å². The third-order valence-electron chi connectivity index (χ3n) is 4.47. The van der Waals surface area contributed by atoms with Crippen molar-refractivity contribution >= 4 is 28.8 Å². The van der Waals surface area contributed by atoms with Gasteiger partial charge >= 0.3 is 0 Å². The van der Waals surface area contributed by atoms with Gasteiger partial charge < -0.3 is 25.0 Å². The minimum Gasteiger partial charge on any atom is -0.496 e. The molecule has 0 unspecified atom stereocenters. The first-order valence-electron chi connectivity index (χ1n) is 9.14. The average molecular weight is 393 g/mol. The maximum Gasteiger partial charge on any atom is 0.267 e. The molecule has 7 nitrogen and oxygen atoms in total. The summed E-state index contributed by atoms with van der Waals surface area (Å²) in [6, 6.07) is 14.6. The number of amides is 2. The van der Waals surface area contributed by atoms with E-state index in [2.05, 4.69) is 10.6 Å². The molecular formula is C22H23N3O4. The minimum atomic E-state index is -0.491. The normalized spacial score (nSPS) is 11.3. The number of carbonyl (C=O) groups excluding carboxylic acids is 2. The second-order valence-electron chi connectivity index (χ2n) is 6.40. The van der Waals surface area contributed by atoms with E-state index in [9.17, 15) is 9.59 Å². The summed E-state index contributed by atoms with van der Waals surface area (Å²) >= 11 is 0. The molecule has 0 aliphatic rings. The van der Waals surface area contributed by atoms with E-state index in [0.29, 0.717) is 11.3 Å². The molecule has 0 spiro atoms. The molecule has 0 aliphatic heterocycles. The zero-order valence-corrected chi connectivity index (χ0v) is 16.3. The number of benzene rings is 2. The van der Waals surface area contributed by atoms with Crippen molar-refractivity contribution in [1.82, 2.24) is 15.2 Å². The van der Waals surface area contributed by atoms with Gasteiger partial charge in [-0.25, -0.2) is 0 Å². The van der Waals surface area contributed by atoms with Crippen molar-refractivity contribution < 1.29 is 19.4 Å². The van der Waals surface area contributed by atoms with Crippen LogP contribution in [-0.4, -0.2) is 41.7 Å². The molecule has 1 heterocycles. The number of methoxy groups -OCH3 is 1. The Balaban J connectivity index is 1.99. The Bertz CT molecular complexity index is 1070. The third-order valence-corrected chi connectivity index (χ3v) is 4.47. The second kappa shape index (κ2) is 9.07. The quantitative estimate of drug-likeness (QED) is 0.536. The lowest BCUT2D eigenvalue weighted by molar-refractivity contribution is -0.117. The van der Waals surface area contributed by atoms with E-state index in [1.807, 2.05) is 42.1 Å². The number of aromatic nitrogens is 1. The van der Waals surface area contributed by atoms with E-state index < -0.39 is 11.8 Å². The van der Waals surface area contributed by atoms with Crippen LogP contribution in [0.15, 0.2) is 60.4 Å². The van der Waals surface area contributed by atoms with Crippen LogP contribution in [0.1, 0.15) is 15.9 Å². The molecule has 0 fully saturated rings. The van der Waals surface area contributed by atoms with Crippen LogP contribution in [0.4, 0.5) is 0 Å². The monoisotopic (exact) mass is 393 g/mol. The number of aliphatic hydroxyl groups is 1. The molecule has 3 aromatic rings. The zero-order valence-electron chi connectivity index (χ0n) is 16.3. The van der Waals surface area contributed by atoms with E-state index in [4.69, 9.17) is 9.84 Å². The van der Waals surface area contributed by atoms with Crippen molar-refractivity contribution in [2.24, 2.45) is 7.05 Å². The van der Waals surface area contributed by atoms with Crippen LogP contribution in [0.25, 0.3) is 17.0 Å². The van der Waals surface area contributed by atoms with Crippen LogP contribution < -0.4 is 15.4 Å². The number of ether oxygens (including phenoxy) is 1. The van der Waals surface area contributed by atoms with Crippen molar-refractivity contribution in [3.05, 3.63) is 71.6 Å². The molecule has 0 bridgehead atoms. The average Bonchev–Trinajstić information content (AvgIpc) is 3.07. The van der Waals surface area contributed by atoms with Crippen LogP contribution in [0.5, 0.6) is 5.75 Å². The lowest BCUT2D eigenvalue weighted by Gasteiger charge is -2.12. The van der Waals surface area contributed by atoms with E-state index in [1.54, 1.807) is 30.3 Å². The molecule has 3 rings (SSSR count). The molecule has 0 atom stereocenters. The number of aryl methyl sites for hydroxylation is 1. The Hall–Kier alpha value is -3.58. The van der Waals surface area contributed by atoms with Gasteiger partial charge in [0.05, 0.1) is 19.3 Å². The minimum absolute atomic E-state index is 0.0747. The number of hydrogen-bond acceptors (Lipinski definition) is 4. The van der Waals surface area contributed by atoms with Crippen molar-refractivity contribution in [3.8, 4) is 5.75 Å². The maximum atomic E-state index is 12.8. The fourth-order valence-electron chi connectivity index (χ4n) is 3.09. The molecule has 29 heavy (non-hydrogen) atoms. The Morgan fingerprint density at radius 3 is 2.62 bits per heavy atom. The van der Waals surface area contributed by atoms with E-state index >= 15 is 0 Å². The lowest BCUT2D eigenvalue weighted by Crippen LogP contribution is -2.36. The third kappa shape index (κ3) is 4.47. The first-order valence-corrected chi connectivity index (χ1v) is 9.14. The summed E-state index contributed by atoms with van der Waals surface area (Å²) in [6.07, 6.45) is 3.52. The summed E-state index contributed by atoms with van der Waals surface area (Å²) in [5.41, 5.74) is 2.18. The van der Waals surface area contributed by atoms with Gasteiger partial charge in [-0.2, -0.15) is 0 Å². The van der Waals surface area contributed by atoms with Crippen molar-refractivity contribution in [3.63, 3.8) is 0 Å². The van der Waals surface area contributed by atoms with Crippen LogP contribution in [0.2, 0.25) is 0 Å². The van der Waals surface area contributed by atoms with Gasteiger partial charge in [0.1, 0.15) is 11.4 Å². The van der Waals surface area contributed by atoms with Gasteiger partial charge in [-0.15, -0.1) is 0 Å². The number of rotatable bonds is 7. The number of nitrogens with zero attached hydrogens (tertiary/aromatic N) is 1. The van der Waals surface area contributed by atoms with Crippen LogP contribution >= 0.6 is 0 Å². The highest BCUT2D eigenvalue weighted by atomic mass is 16.5. The number of hydrogen-bond donors (Lipinski definition) is 3. The number of carbonyl (C=O) groups is 2. The first-order chi connectivity index (χ1) is 14.0. The Morgan fingerprint density at radius 1 is 1.14 bits per heavy atom. The smallest absolute Gasteiger partial charge is 0.267 e. The molecule has 3 N–H and O–H groups in total. The van der Waals surface area contributed by atoms with Crippen LogP contribution in [-0.2, 0) is 11.8 Å².